The Morgan fingerprint density at radius 3 is 2.28 bits per heavy atom. The summed E-state index contributed by atoms with van der Waals surface area (Å²) >= 11 is 6.06. The van der Waals surface area contributed by atoms with E-state index in [0.717, 1.165) is 0 Å². The third-order valence-corrected chi connectivity index (χ3v) is 6.03. The fraction of sp³-hybridized carbons (Fsp3) is 0.174. The molecule has 3 aromatic carbocycles. The van der Waals surface area contributed by atoms with Crippen molar-refractivity contribution in [3.05, 3.63) is 77.3 Å². The standard InChI is InChI=1S/C23H23ClN2O5S/c1-15(2)31-17-10-8-16(9-11-17)23(27)25-21-14-18(12-13-22(21)30-3)32(28,29)26-20-7-5-4-6-19(20)24/h4-15,26H,1-3H3,(H,25,27). The van der Waals surface area contributed by atoms with E-state index < -0.39 is 15.9 Å². The highest BCUT2D eigenvalue weighted by atomic mass is 35.5. The Morgan fingerprint density at radius 1 is 0.969 bits per heavy atom. The SMILES string of the molecule is COc1ccc(S(=O)(=O)Nc2ccccc2Cl)cc1NC(=O)c1ccc(OC(C)C)cc1. The zero-order chi connectivity index (χ0) is 23.3. The van der Waals surface area contributed by atoms with Crippen LogP contribution in [0.1, 0.15) is 24.2 Å². The molecule has 0 fully saturated rings. The molecular formula is C23H23ClN2O5S. The van der Waals surface area contributed by atoms with Crippen LogP contribution in [-0.4, -0.2) is 27.5 Å². The Morgan fingerprint density at radius 2 is 1.66 bits per heavy atom. The summed E-state index contributed by atoms with van der Waals surface area (Å²) in [4.78, 5) is 12.7. The average Bonchev–Trinajstić information content (AvgIpc) is 2.75. The smallest absolute Gasteiger partial charge is 0.262 e. The largest absolute Gasteiger partial charge is 0.495 e. The average molecular weight is 475 g/mol. The summed E-state index contributed by atoms with van der Waals surface area (Å²) in [6, 6.07) is 17.3. The molecule has 9 heteroatoms. The van der Waals surface area contributed by atoms with Gasteiger partial charge in [-0.05, 0) is 68.4 Å². The summed E-state index contributed by atoms with van der Waals surface area (Å²) in [5.41, 5.74) is 0.840. The van der Waals surface area contributed by atoms with Crippen molar-refractivity contribution in [2.24, 2.45) is 0 Å². The molecule has 0 saturated carbocycles. The Hall–Kier alpha value is -3.23. The van der Waals surface area contributed by atoms with Gasteiger partial charge in [-0.15, -0.1) is 0 Å². The van der Waals surface area contributed by atoms with Crippen LogP contribution < -0.4 is 19.5 Å². The fourth-order valence-electron chi connectivity index (χ4n) is 2.85. The Labute approximate surface area is 192 Å². The van der Waals surface area contributed by atoms with Gasteiger partial charge in [-0.25, -0.2) is 8.42 Å². The van der Waals surface area contributed by atoms with Crippen LogP contribution >= 0.6 is 11.6 Å². The first-order chi connectivity index (χ1) is 15.2. The highest BCUT2D eigenvalue weighted by molar-refractivity contribution is 7.92. The predicted molar refractivity (Wildman–Crippen MR) is 125 cm³/mol. The molecule has 7 nitrogen and oxygen atoms in total. The van der Waals surface area contributed by atoms with Crippen LogP contribution in [0, 0.1) is 0 Å². The minimum Gasteiger partial charge on any atom is -0.495 e. The minimum atomic E-state index is -3.96. The molecule has 3 rings (SSSR count). The normalized spacial score (nSPS) is 11.2. The molecule has 0 aliphatic rings. The maximum atomic E-state index is 12.8. The van der Waals surface area contributed by atoms with E-state index in [-0.39, 0.29) is 27.4 Å². The third-order valence-electron chi connectivity index (χ3n) is 4.34. The van der Waals surface area contributed by atoms with Gasteiger partial charge in [0, 0.05) is 5.56 Å². The zero-order valence-electron chi connectivity index (χ0n) is 17.8. The second kappa shape index (κ2) is 9.93. The first kappa shape index (κ1) is 23.4. The summed E-state index contributed by atoms with van der Waals surface area (Å²) in [6.45, 7) is 3.82. The number of benzene rings is 3. The van der Waals surface area contributed by atoms with Crippen LogP contribution in [0.25, 0.3) is 0 Å². The first-order valence-electron chi connectivity index (χ1n) is 9.73. The van der Waals surface area contributed by atoms with Crippen molar-refractivity contribution in [3.63, 3.8) is 0 Å². The second-order valence-corrected chi connectivity index (χ2v) is 9.18. The van der Waals surface area contributed by atoms with Crippen molar-refractivity contribution in [3.8, 4) is 11.5 Å². The number of anilines is 2. The molecule has 0 aliphatic carbocycles. The monoisotopic (exact) mass is 474 g/mol. The fourth-order valence-corrected chi connectivity index (χ4v) is 4.20. The molecule has 0 atom stereocenters. The maximum Gasteiger partial charge on any atom is 0.262 e. The van der Waals surface area contributed by atoms with Gasteiger partial charge in [-0.1, -0.05) is 23.7 Å². The van der Waals surface area contributed by atoms with Crippen LogP contribution in [0.15, 0.2) is 71.6 Å². The van der Waals surface area contributed by atoms with Gasteiger partial charge >= 0.3 is 0 Å². The van der Waals surface area contributed by atoms with Crippen LogP contribution in [0.3, 0.4) is 0 Å². The molecular weight excluding hydrogens is 452 g/mol. The summed E-state index contributed by atoms with van der Waals surface area (Å²) in [7, 11) is -2.53. The van der Waals surface area contributed by atoms with Gasteiger partial charge < -0.3 is 14.8 Å². The van der Waals surface area contributed by atoms with E-state index >= 15 is 0 Å². The molecule has 0 saturated heterocycles. The molecule has 3 aromatic rings. The summed E-state index contributed by atoms with van der Waals surface area (Å²) in [5.74, 6) is 0.538. The molecule has 0 aromatic heterocycles. The van der Waals surface area contributed by atoms with Gasteiger partial charge in [0.15, 0.2) is 0 Å². The molecule has 0 bridgehead atoms. The van der Waals surface area contributed by atoms with Crippen molar-refractivity contribution in [1.29, 1.82) is 0 Å². The molecule has 168 valence electrons. The summed E-state index contributed by atoms with van der Waals surface area (Å²) < 4.78 is 39.0. The van der Waals surface area contributed by atoms with Gasteiger partial charge in [0.1, 0.15) is 11.5 Å². The Bertz CT molecular complexity index is 1210. The Balaban J connectivity index is 1.84. The highest BCUT2D eigenvalue weighted by Gasteiger charge is 2.19. The van der Waals surface area contributed by atoms with E-state index in [2.05, 4.69) is 10.0 Å². The van der Waals surface area contributed by atoms with Crippen LogP contribution in [0.4, 0.5) is 11.4 Å². The van der Waals surface area contributed by atoms with Gasteiger partial charge in [-0.2, -0.15) is 0 Å². The van der Waals surface area contributed by atoms with E-state index in [0.29, 0.717) is 17.1 Å². The maximum absolute atomic E-state index is 12.8. The van der Waals surface area contributed by atoms with Gasteiger partial charge in [0.05, 0.1) is 34.5 Å². The molecule has 1 amide bonds. The number of halogens is 1. The lowest BCUT2D eigenvalue weighted by Gasteiger charge is -2.14. The van der Waals surface area contributed by atoms with Gasteiger partial charge in [0.2, 0.25) is 0 Å². The minimum absolute atomic E-state index is 0.0167. The number of hydrogen-bond acceptors (Lipinski definition) is 5. The van der Waals surface area contributed by atoms with Crippen LogP contribution in [0.2, 0.25) is 5.02 Å². The number of sulfonamides is 1. The topological polar surface area (TPSA) is 93.7 Å². The summed E-state index contributed by atoms with van der Waals surface area (Å²) in [6.07, 6.45) is 0.0167. The predicted octanol–water partition coefficient (Wildman–Crippen LogP) is 5.19. The van der Waals surface area contributed by atoms with Gasteiger partial charge in [-0.3, -0.25) is 9.52 Å². The van der Waals surface area contributed by atoms with Gasteiger partial charge in [0.25, 0.3) is 15.9 Å². The van der Waals surface area contributed by atoms with Crippen molar-refractivity contribution >= 4 is 38.9 Å². The van der Waals surface area contributed by atoms with E-state index in [1.54, 1.807) is 48.5 Å². The van der Waals surface area contributed by atoms with Crippen molar-refractivity contribution < 1.29 is 22.7 Å². The number of para-hydroxylation sites is 1. The number of carbonyl (C=O) groups excluding carboxylic acids is 1. The zero-order valence-corrected chi connectivity index (χ0v) is 19.3. The third kappa shape index (κ3) is 5.72. The van der Waals surface area contributed by atoms with Crippen LogP contribution in [0.5, 0.6) is 11.5 Å². The van der Waals surface area contributed by atoms with Crippen molar-refractivity contribution in [2.75, 3.05) is 17.1 Å². The second-order valence-electron chi connectivity index (χ2n) is 7.09. The number of nitrogens with one attached hydrogen (secondary N) is 2. The Kier molecular flexibility index (Phi) is 7.27. The lowest BCUT2D eigenvalue weighted by Crippen LogP contribution is -2.16. The number of rotatable bonds is 8. The van der Waals surface area contributed by atoms with E-state index in [1.165, 1.54) is 25.3 Å². The number of ether oxygens (including phenoxy) is 2. The number of hydrogen-bond donors (Lipinski definition) is 2. The molecule has 32 heavy (non-hydrogen) atoms. The number of carbonyl (C=O) groups is 1. The first-order valence-corrected chi connectivity index (χ1v) is 11.6. The number of methoxy groups -OCH3 is 1. The lowest BCUT2D eigenvalue weighted by molar-refractivity contribution is 0.102. The van der Waals surface area contributed by atoms with E-state index in [1.807, 2.05) is 13.8 Å². The molecule has 0 aliphatic heterocycles. The molecule has 0 heterocycles. The quantitative estimate of drug-likeness (QED) is 0.468. The lowest BCUT2D eigenvalue weighted by atomic mass is 10.2. The molecule has 0 radical (unpaired) electrons. The van der Waals surface area contributed by atoms with E-state index in [9.17, 15) is 13.2 Å². The van der Waals surface area contributed by atoms with Crippen LogP contribution in [-0.2, 0) is 10.0 Å². The molecule has 2 N–H and O–H groups in total. The van der Waals surface area contributed by atoms with Crippen molar-refractivity contribution in [2.45, 2.75) is 24.8 Å². The number of amides is 1. The van der Waals surface area contributed by atoms with Crippen molar-refractivity contribution in [1.82, 2.24) is 0 Å². The van der Waals surface area contributed by atoms with E-state index in [4.69, 9.17) is 21.1 Å². The molecule has 0 unspecified atom stereocenters. The summed E-state index contributed by atoms with van der Waals surface area (Å²) in [5, 5.41) is 2.97. The highest BCUT2D eigenvalue weighted by Crippen LogP contribution is 2.30. The molecule has 0 spiro atoms.